The monoisotopic (exact) mass is 460 g/mol. The molecule has 4 aromatic rings. The topological polar surface area (TPSA) is 70.2 Å². The lowest BCUT2D eigenvalue weighted by Crippen LogP contribution is -2.34. The van der Waals surface area contributed by atoms with E-state index in [0.29, 0.717) is 12.0 Å². The number of aryl methyl sites for hydroxylation is 3. The van der Waals surface area contributed by atoms with Gasteiger partial charge in [-0.25, -0.2) is 8.42 Å². The van der Waals surface area contributed by atoms with E-state index in [4.69, 9.17) is 0 Å². The Balaban J connectivity index is 1.73. The number of H-pyrrole nitrogens is 1. The lowest BCUT2D eigenvalue weighted by atomic mass is 10.0. The summed E-state index contributed by atoms with van der Waals surface area (Å²) in [7, 11) is -3.79. The molecule has 0 amide bonds. The molecule has 1 aromatic heterocycles. The van der Waals surface area contributed by atoms with Crippen LogP contribution in [0.4, 0.5) is 0 Å². The van der Waals surface area contributed by atoms with E-state index in [0.717, 1.165) is 33.2 Å². The van der Waals surface area contributed by atoms with Crippen LogP contribution >= 0.6 is 0 Å². The molecule has 1 heterocycles. The Bertz CT molecular complexity index is 1440. The summed E-state index contributed by atoms with van der Waals surface area (Å²) in [6, 6.07) is 22.4. The minimum atomic E-state index is -3.79. The highest BCUT2D eigenvalue weighted by atomic mass is 32.2. The Labute approximate surface area is 194 Å². The molecule has 0 aliphatic carbocycles. The zero-order valence-corrected chi connectivity index (χ0v) is 19.9. The van der Waals surface area contributed by atoms with Crippen LogP contribution in [0.15, 0.2) is 82.5 Å². The highest BCUT2D eigenvalue weighted by molar-refractivity contribution is 7.89. The van der Waals surface area contributed by atoms with Crippen molar-refractivity contribution in [2.24, 2.45) is 0 Å². The number of hydrogen-bond donors (Lipinski definition) is 1. The van der Waals surface area contributed by atoms with Gasteiger partial charge in [0, 0.05) is 29.6 Å². The molecule has 0 bridgehead atoms. The van der Waals surface area contributed by atoms with Crippen LogP contribution < -0.4 is 5.56 Å². The van der Waals surface area contributed by atoms with Gasteiger partial charge in [0.2, 0.25) is 10.0 Å². The van der Waals surface area contributed by atoms with Gasteiger partial charge in [-0.05, 0) is 68.1 Å². The lowest BCUT2D eigenvalue weighted by molar-refractivity contribution is 0.408. The van der Waals surface area contributed by atoms with Crippen LogP contribution in [-0.4, -0.2) is 24.3 Å². The van der Waals surface area contributed by atoms with Gasteiger partial charge < -0.3 is 4.98 Å². The van der Waals surface area contributed by atoms with E-state index < -0.39 is 10.0 Å². The third-order valence-corrected chi connectivity index (χ3v) is 7.75. The molecule has 0 atom stereocenters. The fraction of sp³-hybridized carbons (Fsp3) is 0.222. The van der Waals surface area contributed by atoms with Crippen molar-refractivity contribution < 1.29 is 8.42 Å². The van der Waals surface area contributed by atoms with Crippen LogP contribution in [0, 0.1) is 20.8 Å². The summed E-state index contributed by atoms with van der Waals surface area (Å²) in [5.74, 6) is 0. The number of benzene rings is 3. The highest BCUT2D eigenvalue weighted by Crippen LogP contribution is 2.22. The molecule has 4 rings (SSSR count). The van der Waals surface area contributed by atoms with Gasteiger partial charge in [0.25, 0.3) is 5.56 Å². The first-order valence-electron chi connectivity index (χ1n) is 11.0. The molecular weight excluding hydrogens is 432 g/mol. The zero-order valence-electron chi connectivity index (χ0n) is 19.1. The number of rotatable bonds is 7. The van der Waals surface area contributed by atoms with Gasteiger partial charge in [0.1, 0.15) is 0 Å². The quantitative estimate of drug-likeness (QED) is 0.427. The maximum absolute atomic E-state index is 13.6. The standard InChI is InChI=1S/C27H28N2O3S/c1-19-9-11-24(12-10-19)33(31,32)29(14-13-22-7-5-4-6-8-22)18-23-17-25-21(3)15-20(2)16-26(25)28-27(23)30/h4-12,15-17H,13-14,18H2,1-3H3,(H,28,30). The minimum Gasteiger partial charge on any atom is -0.322 e. The summed E-state index contributed by atoms with van der Waals surface area (Å²) in [6.45, 7) is 6.17. The van der Waals surface area contributed by atoms with Crippen LogP contribution in [0.1, 0.15) is 27.8 Å². The van der Waals surface area contributed by atoms with E-state index in [1.165, 1.54) is 4.31 Å². The van der Waals surface area contributed by atoms with E-state index >= 15 is 0 Å². The summed E-state index contributed by atoms with van der Waals surface area (Å²) >= 11 is 0. The van der Waals surface area contributed by atoms with Crippen molar-refractivity contribution in [1.82, 2.24) is 9.29 Å². The highest BCUT2D eigenvalue weighted by Gasteiger charge is 2.25. The molecule has 0 radical (unpaired) electrons. The molecule has 3 aromatic carbocycles. The smallest absolute Gasteiger partial charge is 0.252 e. The Morgan fingerprint density at radius 2 is 1.55 bits per heavy atom. The predicted molar refractivity (Wildman–Crippen MR) is 133 cm³/mol. The van der Waals surface area contributed by atoms with Crippen molar-refractivity contribution in [1.29, 1.82) is 0 Å². The van der Waals surface area contributed by atoms with Crippen molar-refractivity contribution in [2.45, 2.75) is 38.6 Å². The molecule has 6 heteroatoms. The van der Waals surface area contributed by atoms with Crippen LogP contribution in [0.2, 0.25) is 0 Å². The van der Waals surface area contributed by atoms with E-state index in [2.05, 4.69) is 11.1 Å². The maximum atomic E-state index is 13.6. The van der Waals surface area contributed by atoms with E-state index in [1.807, 2.05) is 63.2 Å². The van der Waals surface area contributed by atoms with E-state index in [9.17, 15) is 13.2 Å². The van der Waals surface area contributed by atoms with Crippen molar-refractivity contribution in [3.8, 4) is 0 Å². The normalized spacial score (nSPS) is 11.9. The lowest BCUT2D eigenvalue weighted by Gasteiger charge is -2.22. The number of aromatic nitrogens is 1. The molecule has 0 saturated carbocycles. The fourth-order valence-electron chi connectivity index (χ4n) is 4.07. The molecule has 0 unspecified atom stereocenters. The van der Waals surface area contributed by atoms with Gasteiger partial charge in [0.05, 0.1) is 4.90 Å². The second kappa shape index (κ2) is 9.33. The van der Waals surface area contributed by atoms with Crippen LogP contribution in [0.5, 0.6) is 0 Å². The average molecular weight is 461 g/mol. The maximum Gasteiger partial charge on any atom is 0.252 e. The van der Waals surface area contributed by atoms with Crippen LogP contribution in [0.3, 0.4) is 0 Å². The number of hydrogen-bond acceptors (Lipinski definition) is 3. The molecule has 0 aliphatic heterocycles. The van der Waals surface area contributed by atoms with Gasteiger partial charge in [-0.3, -0.25) is 4.79 Å². The molecular formula is C27H28N2O3S. The number of sulfonamides is 1. The molecule has 5 nitrogen and oxygen atoms in total. The van der Waals surface area contributed by atoms with Crippen molar-refractivity contribution >= 4 is 20.9 Å². The largest absolute Gasteiger partial charge is 0.322 e. The summed E-state index contributed by atoms with van der Waals surface area (Å²) in [5.41, 5.74) is 5.06. The van der Waals surface area contributed by atoms with Crippen LogP contribution in [-0.2, 0) is 23.0 Å². The number of pyridine rings is 1. The summed E-state index contributed by atoms with van der Waals surface area (Å²) < 4.78 is 28.5. The van der Waals surface area contributed by atoms with Gasteiger partial charge in [-0.1, -0.05) is 54.1 Å². The Kier molecular flexibility index (Phi) is 6.49. The van der Waals surface area contributed by atoms with Gasteiger partial charge in [-0.15, -0.1) is 0 Å². The van der Waals surface area contributed by atoms with Gasteiger partial charge >= 0.3 is 0 Å². The number of fused-ring (bicyclic) bond motifs is 1. The summed E-state index contributed by atoms with van der Waals surface area (Å²) in [6.07, 6.45) is 0.551. The molecule has 0 spiro atoms. The number of nitrogens with zero attached hydrogens (tertiary/aromatic N) is 1. The number of nitrogens with one attached hydrogen (secondary N) is 1. The van der Waals surface area contributed by atoms with Gasteiger partial charge in [0.15, 0.2) is 0 Å². The summed E-state index contributed by atoms with van der Waals surface area (Å²) in [4.78, 5) is 16.1. The molecule has 0 fully saturated rings. The summed E-state index contributed by atoms with van der Waals surface area (Å²) in [5, 5.41) is 0.922. The number of aromatic amines is 1. The van der Waals surface area contributed by atoms with Crippen molar-refractivity contribution in [2.75, 3.05) is 6.54 Å². The zero-order chi connectivity index (χ0) is 23.6. The first kappa shape index (κ1) is 23.0. The second-order valence-electron chi connectivity index (χ2n) is 8.55. The van der Waals surface area contributed by atoms with Crippen LogP contribution in [0.25, 0.3) is 10.9 Å². The van der Waals surface area contributed by atoms with E-state index in [1.54, 1.807) is 24.3 Å². The Morgan fingerprint density at radius 1 is 0.848 bits per heavy atom. The van der Waals surface area contributed by atoms with Crippen molar-refractivity contribution in [3.63, 3.8) is 0 Å². The molecule has 0 saturated heterocycles. The molecule has 170 valence electrons. The second-order valence-corrected chi connectivity index (χ2v) is 10.5. The predicted octanol–water partition coefficient (Wildman–Crippen LogP) is 4.89. The third-order valence-electron chi connectivity index (χ3n) is 5.89. The first-order chi connectivity index (χ1) is 15.7. The Hall–Kier alpha value is -3.22. The van der Waals surface area contributed by atoms with Crippen molar-refractivity contribution in [3.05, 3.63) is 111 Å². The third kappa shape index (κ3) is 5.07. The first-order valence-corrected chi connectivity index (χ1v) is 12.4. The fourth-order valence-corrected chi connectivity index (χ4v) is 5.48. The molecule has 33 heavy (non-hydrogen) atoms. The van der Waals surface area contributed by atoms with E-state index in [-0.39, 0.29) is 23.5 Å². The molecule has 0 aliphatic rings. The minimum absolute atomic E-state index is 0.00162. The Morgan fingerprint density at radius 3 is 2.24 bits per heavy atom. The SMILES string of the molecule is Cc1ccc(S(=O)(=O)N(CCc2ccccc2)Cc2cc3c(C)cc(C)cc3[nH]c2=O)cc1. The van der Waals surface area contributed by atoms with Gasteiger partial charge in [-0.2, -0.15) is 4.31 Å². The molecule has 1 N–H and O–H groups in total. The average Bonchev–Trinajstić information content (AvgIpc) is 2.78.